The predicted octanol–water partition coefficient (Wildman–Crippen LogP) is 3.72. The number of nitrogens with one attached hydrogen (secondary N) is 1. The molecule has 25 heavy (non-hydrogen) atoms. The third-order valence-electron chi connectivity index (χ3n) is 6.56. The van der Waals surface area contributed by atoms with Gasteiger partial charge in [-0.2, -0.15) is 0 Å². The second kappa shape index (κ2) is 6.23. The lowest BCUT2D eigenvalue weighted by molar-refractivity contribution is 0.0598. The van der Waals surface area contributed by atoms with E-state index >= 15 is 0 Å². The number of carbonyl (C=O) groups is 1. The molecule has 0 atom stereocenters. The highest BCUT2D eigenvalue weighted by molar-refractivity contribution is 6.40. The summed E-state index contributed by atoms with van der Waals surface area (Å²) in [5, 5.41) is 4.14. The molecule has 1 amide bonds. The van der Waals surface area contributed by atoms with E-state index in [9.17, 15) is 4.79 Å². The molecule has 1 aromatic carbocycles. The van der Waals surface area contributed by atoms with Gasteiger partial charge in [0.05, 0.1) is 5.56 Å². The Kier molecular flexibility index (Phi) is 4.17. The summed E-state index contributed by atoms with van der Waals surface area (Å²) in [4.78, 5) is 13.0. The van der Waals surface area contributed by atoms with Crippen LogP contribution < -0.4 is 10.8 Å². The molecule has 5 rings (SSSR count). The lowest BCUT2D eigenvalue weighted by atomic mass is 9.61. The summed E-state index contributed by atoms with van der Waals surface area (Å²) >= 11 is 0. The molecule has 0 saturated heterocycles. The van der Waals surface area contributed by atoms with Crippen molar-refractivity contribution in [2.45, 2.75) is 58.4 Å². The number of aromatic nitrogens is 1. The minimum atomic E-state index is 0.0179. The van der Waals surface area contributed by atoms with E-state index in [2.05, 4.69) is 23.7 Å². The second-order valence-corrected chi connectivity index (χ2v) is 8.45. The van der Waals surface area contributed by atoms with Crippen LogP contribution in [0.3, 0.4) is 0 Å². The van der Waals surface area contributed by atoms with Crippen molar-refractivity contribution in [3.8, 4) is 0 Å². The number of rotatable bonds is 4. The van der Waals surface area contributed by atoms with Gasteiger partial charge in [0.15, 0.2) is 0 Å². The molecule has 3 aliphatic carbocycles. The number of hydrogen-bond donors (Lipinski definition) is 1. The summed E-state index contributed by atoms with van der Waals surface area (Å²) in [6.07, 6.45) is 9.81. The maximum absolute atomic E-state index is 13.0. The van der Waals surface area contributed by atoms with Crippen molar-refractivity contribution in [3.05, 3.63) is 30.0 Å². The van der Waals surface area contributed by atoms with Crippen molar-refractivity contribution >= 4 is 30.1 Å². The van der Waals surface area contributed by atoms with E-state index in [0.717, 1.165) is 23.4 Å². The lowest BCUT2D eigenvalue weighted by Crippen LogP contribution is -2.43. The first-order valence-electron chi connectivity index (χ1n) is 9.66. The van der Waals surface area contributed by atoms with Gasteiger partial charge in [-0.25, -0.2) is 0 Å². The fourth-order valence-corrected chi connectivity index (χ4v) is 4.91. The van der Waals surface area contributed by atoms with E-state index in [-0.39, 0.29) is 11.9 Å². The van der Waals surface area contributed by atoms with Crippen LogP contribution in [-0.4, -0.2) is 24.9 Å². The quantitative estimate of drug-likeness (QED) is 0.850. The summed E-state index contributed by atoms with van der Waals surface area (Å²) in [6.45, 7) is 5.06. The van der Waals surface area contributed by atoms with E-state index in [1.165, 1.54) is 38.5 Å². The van der Waals surface area contributed by atoms with Crippen molar-refractivity contribution in [1.29, 1.82) is 0 Å². The van der Waals surface area contributed by atoms with Crippen LogP contribution >= 0.6 is 0 Å². The molecule has 1 aromatic heterocycles. The Morgan fingerprint density at radius 3 is 2.60 bits per heavy atom. The molecule has 3 aliphatic rings. The van der Waals surface area contributed by atoms with Crippen molar-refractivity contribution in [1.82, 2.24) is 9.88 Å². The standard InChI is InChI=1S/C21H27BN2O/c1-14(2)24-12-16(19-17(22)4-3-5-18(19)24)20(25)23-13-21-9-6-15(7-10-21)8-11-21/h3-5,12,14-15H,6-11,13H2,1-2H3,(H,23,25). The van der Waals surface area contributed by atoms with Gasteiger partial charge < -0.3 is 9.88 Å². The summed E-state index contributed by atoms with van der Waals surface area (Å²) in [6, 6.07) is 6.17. The molecule has 2 aromatic rings. The number of hydrogen-bond acceptors (Lipinski definition) is 1. The van der Waals surface area contributed by atoms with E-state index < -0.39 is 0 Å². The van der Waals surface area contributed by atoms with Gasteiger partial charge in [0.25, 0.3) is 5.91 Å². The maximum Gasteiger partial charge on any atom is 0.253 e. The SMILES string of the molecule is [B]c1cccc2c1c(C(=O)NCC13CCC(CC1)CC3)cn2C(C)C. The summed E-state index contributed by atoms with van der Waals surface area (Å²) in [7, 11) is 6.21. The second-order valence-electron chi connectivity index (χ2n) is 8.45. The van der Waals surface area contributed by atoms with Gasteiger partial charge in [0.2, 0.25) is 0 Å². The van der Waals surface area contributed by atoms with Crippen LogP contribution in [0.5, 0.6) is 0 Å². The van der Waals surface area contributed by atoms with Gasteiger partial charge in [-0.3, -0.25) is 4.79 Å². The average Bonchev–Trinajstić information content (AvgIpc) is 3.03. The van der Waals surface area contributed by atoms with E-state index in [1.807, 2.05) is 24.4 Å². The van der Waals surface area contributed by atoms with Gasteiger partial charge in [0.1, 0.15) is 7.85 Å². The molecule has 0 spiro atoms. The Morgan fingerprint density at radius 2 is 1.96 bits per heavy atom. The molecular formula is C21H27BN2O. The molecule has 4 heteroatoms. The highest BCUT2D eigenvalue weighted by atomic mass is 16.1. The Hall–Kier alpha value is -1.71. The first-order chi connectivity index (χ1) is 12.0. The fraction of sp³-hybridized carbons (Fsp3) is 0.571. The number of carbonyl (C=O) groups excluding carboxylic acids is 1. The Labute approximate surface area is 151 Å². The smallest absolute Gasteiger partial charge is 0.253 e. The highest BCUT2D eigenvalue weighted by Gasteiger charge is 2.40. The first kappa shape index (κ1) is 16.7. The van der Waals surface area contributed by atoms with Gasteiger partial charge in [-0.15, -0.1) is 0 Å². The van der Waals surface area contributed by atoms with E-state index in [1.54, 1.807) is 0 Å². The zero-order valence-electron chi connectivity index (χ0n) is 15.3. The molecule has 3 nitrogen and oxygen atoms in total. The first-order valence-corrected chi connectivity index (χ1v) is 9.66. The van der Waals surface area contributed by atoms with Crippen molar-refractivity contribution < 1.29 is 4.79 Å². The molecule has 3 saturated carbocycles. The average molecular weight is 334 g/mol. The van der Waals surface area contributed by atoms with E-state index in [4.69, 9.17) is 7.85 Å². The number of amides is 1. The molecular weight excluding hydrogens is 307 g/mol. The molecule has 3 fully saturated rings. The summed E-state index contributed by atoms with van der Waals surface area (Å²) in [5.74, 6) is 0.964. The van der Waals surface area contributed by atoms with Crippen LogP contribution in [0.1, 0.15) is 68.8 Å². The monoisotopic (exact) mass is 334 g/mol. The van der Waals surface area contributed by atoms with Gasteiger partial charge in [-0.1, -0.05) is 17.6 Å². The fourth-order valence-electron chi connectivity index (χ4n) is 4.91. The molecule has 130 valence electrons. The van der Waals surface area contributed by atoms with Crippen LogP contribution in [0.25, 0.3) is 10.9 Å². The summed E-state index contributed by atoms with van der Waals surface area (Å²) in [5.41, 5.74) is 2.77. The highest BCUT2D eigenvalue weighted by Crippen LogP contribution is 2.49. The molecule has 0 unspecified atom stereocenters. The molecule has 1 heterocycles. The third-order valence-corrected chi connectivity index (χ3v) is 6.56. The minimum Gasteiger partial charge on any atom is -0.351 e. The van der Waals surface area contributed by atoms with Crippen LogP contribution in [0.2, 0.25) is 0 Å². The Bertz CT molecular complexity index is 786. The normalized spacial score (nSPS) is 25.6. The van der Waals surface area contributed by atoms with Crippen molar-refractivity contribution in [2.24, 2.45) is 11.3 Å². The molecule has 2 radical (unpaired) electrons. The van der Waals surface area contributed by atoms with Crippen LogP contribution in [0.15, 0.2) is 24.4 Å². The van der Waals surface area contributed by atoms with Crippen LogP contribution in [0.4, 0.5) is 0 Å². The van der Waals surface area contributed by atoms with Crippen LogP contribution in [0, 0.1) is 11.3 Å². The third kappa shape index (κ3) is 2.90. The number of nitrogens with zero attached hydrogens (tertiary/aromatic N) is 1. The Balaban J connectivity index is 1.60. The predicted molar refractivity (Wildman–Crippen MR) is 104 cm³/mol. The van der Waals surface area contributed by atoms with Gasteiger partial charge >= 0.3 is 0 Å². The van der Waals surface area contributed by atoms with Crippen LogP contribution in [-0.2, 0) is 0 Å². The maximum atomic E-state index is 13.0. The molecule has 1 N–H and O–H groups in total. The minimum absolute atomic E-state index is 0.0179. The lowest BCUT2D eigenvalue weighted by Gasteiger charge is -2.46. The largest absolute Gasteiger partial charge is 0.351 e. The zero-order valence-corrected chi connectivity index (χ0v) is 15.3. The van der Waals surface area contributed by atoms with E-state index in [0.29, 0.717) is 16.4 Å². The molecule has 2 bridgehead atoms. The Morgan fingerprint density at radius 1 is 1.28 bits per heavy atom. The number of fused-ring (bicyclic) bond motifs is 4. The molecule has 0 aliphatic heterocycles. The van der Waals surface area contributed by atoms with Crippen molar-refractivity contribution in [2.75, 3.05) is 6.54 Å². The summed E-state index contributed by atoms with van der Waals surface area (Å²) < 4.78 is 2.14. The zero-order chi connectivity index (χ0) is 17.6. The van der Waals surface area contributed by atoms with Gasteiger partial charge in [0, 0.05) is 29.7 Å². The number of benzene rings is 1. The van der Waals surface area contributed by atoms with Crippen molar-refractivity contribution in [3.63, 3.8) is 0 Å². The topological polar surface area (TPSA) is 34.0 Å². The van der Waals surface area contributed by atoms with Gasteiger partial charge in [-0.05, 0) is 69.8 Å².